The van der Waals surface area contributed by atoms with E-state index in [1.807, 2.05) is 0 Å². The third-order valence-electron chi connectivity index (χ3n) is 3.04. The molecule has 1 heterocycles. The van der Waals surface area contributed by atoms with Crippen molar-refractivity contribution < 1.29 is 13.9 Å². The second-order valence-electron chi connectivity index (χ2n) is 4.22. The van der Waals surface area contributed by atoms with Crippen molar-refractivity contribution in [1.82, 2.24) is 4.90 Å². The fourth-order valence-corrected chi connectivity index (χ4v) is 3.15. The van der Waals surface area contributed by atoms with Gasteiger partial charge in [-0.1, -0.05) is 0 Å². The number of carbonyl (C=O) groups excluding carboxylic acids is 1. The number of methoxy groups -OCH3 is 1. The van der Waals surface area contributed by atoms with Gasteiger partial charge in [-0.2, -0.15) is 0 Å². The average Bonchev–Trinajstić information content (AvgIpc) is 2.85. The van der Waals surface area contributed by atoms with Gasteiger partial charge < -0.3 is 9.64 Å². The van der Waals surface area contributed by atoms with Crippen molar-refractivity contribution in [2.45, 2.75) is 23.8 Å². The van der Waals surface area contributed by atoms with E-state index in [-0.39, 0.29) is 18.0 Å². The molecule has 2 rings (SSSR count). The summed E-state index contributed by atoms with van der Waals surface area (Å²) in [6.07, 6.45) is 1.77. The largest absolute Gasteiger partial charge is 0.453 e. The first kappa shape index (κ1) is 13.2. The number of hydrogen-bond acceptors (Lipinski definition) is 3. The van der Waals surface area contributed by atoms with Crippen LogP contribution >= 0.6 is 11.8 Å². The highest BCUT2D eigenvalue weighted by Gasteiger charge is 2.29. The van der Waals surface area contributed by atoms with E-state index in [9.17, 15) is 9.18 Å². The number of amides is 1. The Balaban J connectivity index is 1.89. The topological polar surface area (TPSA) is 29.5 Å². The number of hydrogen-bond donors (Lipinski definition) is 0. The van der Waals surface area contributed by atoms with Gasteiger partial charge in [-0.15, -0.1) is 11.8 Å². The summed E-state index contributed by atoms with van der Waals surface area (Å²) in [5.74, 6) is 0.595. The fourth-order valence-electron chi connectivity index (χ4n) is 2.09. The molecular formula is C13H16FNO2S. The van der Waals surface area contributed by atoms with Gasteiger partial charge in [0.05, 0.1) is 7.11 Å². The molecule has 1 aliphatic heterocycles. The lowest BCUT2D eigenvalue weighted by molar-refractivity contribution is 0.122. The molecule has 98 valence electrons. The Morgan fingerprint density at radius 3 is 2.89 bits per heavy atom. The molecule has 0 saturated carbocycles. The van der Waals surface area contributed by atoms with E-state index >= 15 is 0 Å². The van der Waals surface area contributed by atoms with E-state index in [2.05, 4.69) is 0 Å². The Hall–Kier alpha value is -1.23. The van der Waals surface area contributed by atoms with Gasteiger partial charge in [-0.3, -0.25) is 0 Å². The van der Waals surface area contributed by atoms with Gasteiger partial charge in [0.2, 0.25) is 0 Å². The van der Waals surface area contributed by atoms with Crippen LogP contribution in [0.15, 0.2) is 29.2 Å². The molecule has 0 N–H and O–H groups in total. The average molecular weight is 269 g/mol. The van der Waals surface area contributed by atoms with Crippen molar-refractivity contribution in [3.05, 3.63) is 30.1 Å². The first-order chi connectivity index (χ1) is 8.70. The van der Waals surface area contributed by atoms with Gasteiger partial charge in [-0.05, 0) is 37.1 Å². The van der Waals surface area contributed by atoms with E-state index in [0.29, 0.717) is 0 Å². The summed E-state index contributed by atoms with van der Waals surface area (Å²) >= 11 is 1.64. The van der Waals surface area contributed by atoms with Crippen molar-refractivity contribution >= 4 is 17.9 Å². The van der Waals surface area contributed by atoms with Crippen LogP contribution in [0.5, 0.6) is 0 Å². The summed E-state index contributed by atoms with van der Waals surface area (Å²) in [7, 11) is 1.41. The van der Waals surface area contributed by atoms with Gasteiger partial charge >= 0.3 is 6.09 Å². The second kappa shape index (κ2) is 6.09. The van der Waals surface area contributed by atoms with E-state index in [1.165, 1.54) is 19.2 Å². The minimum Gasteiger partial charge on any atom is -0.453 e. The van der Waals surface area contributed by atoms with Crippen LogP contribution in [0.1, 0.15) is 12.8 Å². The summed E-state index contributed by atoms with van der Waals surface area (Å²) < 4.78 is 17.5. The summed E-state index contributed by atoms with van der Waals surface area (Å²) in [5, 5.41) is 0. The zero-order valence-corrected chi connectivity index (χ0v) is 11.1. The normalized spacial score (nSPS) is 19.0. The molecule has 0 bridgehead atoms. The van der Waals surface area contributed by atoms with Gasteiger partial charge in [0.1, 0.15) is 5.82 Å². The van der Waals surface area contributed by atoms with Gasteiger partial charge in [-0.25, -0.2) is 9.18 Å². The molecule has 1 aromatic carbocycles. The number of halogens is 1. The lowest BCUT2D eigenvalue weighted by Crippen LogP contribution is -2.36. The third kappa shape index (κ3) is 3.16. The van der Waals surface area contributed by atoms with E-state index in [4.69, 9.17) is 4.74 Å². The Labute approximate surface area is 110 Å². The highest BCUT2D eigenvalue weighted by molar-refractivity contribution is 7.99. The molecule has 3 nitrogen and oxygen atoms in total. The molecule has 18 heavy (non-hydrogen) atoms. The molecule has 1 aromatic rings. The van der Waals surface area contributed by atoms with E-state index in [0.717, 1.165) is 30.0 Å². The molecule has 1 saturated heterocycles. The van der Waals surface area contributed by atoms with Gasteiger partial charge in [0.15, 0.2) is 0 Å². The molecule has 0 aromatic heterocycles. The number of benzene rings is 1. The van der Waals surface area contributed by atoms with E-state index in [1.54, 1.807) is 28.8 Å². The van der Waals surface area contributed by atoms with Crippen LogP contribution < -0.4 is 0 Å². The summed E-state index contributed by atoms with van der Waals surface area (Å²) in [6.45, 7) is 0.765. The molecule has 0 spiro atoms. The van der Waals surface area contributed by atoms with Crippen LogP contribution in [0, 0.1) is 5.82 Å². The lowest BCUT2D eigenvalue weighted by Gasteiger charge is -2.22. The number of rotatable bonds is 3. The molecule has 1 aliphatic rings. The standard InChI is InChI=1S/C13H16FNO2S/c1-17-13(16)15-8-2-3-11(15)9-18-12-6-4-10(14)5-7-12/h4-7,11H,2-3,8-9H2,1H3. The molecule has 5 heteroatoms. The van der Waals surface area contributed by atoms with Crippen LogP contribution in [0.3, 0.4) is 0 Å². The summed E-state index contributed by atoms with van der Waals surface area (Å²) in [5.41, 5.74) is 0. The van der Waals surface area contributed by atoms with Crippen molar-refractivity contribution in [1.29, 1.82) is 0 Å². The predicted octanol–water partition coefficient (Wildman–Crippen LogP) is 3.15. The Morgan fingerprint density at radius 2 is 2.22 bits per heavy atom. The molecule has 1 atom stereocenters. The maximum Gasteiger partial charge on any atom is 0.409 e. The van der Waals surface area contributed by atoms with Crippen LogP contribution in [0.4, 0.5) is 9.18 Å². The monoisotopic (exact) mass is 269 g/mol. The van der Waals surface area contributed by atoms with Crippen LogP contribution in [-0.2, 0) is 4.74 Å². The first-order valence-electron chi connectivity index (χ1n) is 5.93. The smallest absolute Gasteiger partial charge is 0.409 e. The van der Waals surface area contributed by atoms with Crippen molar-refractivity contribution in [2.24, 2.45) is 0 Å². The summed E-state index contributed by atoms with van der Waals surface area (Å²) in [6, 6.07) is 6.64. The molecule has 1 fully saturated rings. The molecular weight excluding hydrogens is 253 g/mol. The number of carbonyl (C=O) groups is 1. The Kier molecular flexibility index (Phi) is 4.47. The first-order valence-corrected chi connectivity index (χ1v) is 6.92. The Morgan fingerprint density at radius 1 is 1.50 bits per heavy atom. The number of likely N-dealkylation sites (tertiary alicyclic amines) is 1. The predicted molar refractivity (Wildman–Crippen MR) is 69.3 cm³/mol. The quantitative estimate of drug-likeness (QED) is 0.789. The SMILES string of the molecule is COC(=O)N1CCCC1CSc1ccc(F)cc1. The van der Waals surface area contributed by atoms with Crippen LogP contribution in [0.2, 0.25) is 0 Å². The third-order valence-corrected chi connectivity index (χ3v) is 4.20. The zero-order chi connectivity index (χ0) is 13.0. The van der Waals surface area contributed by atoms with Crippen LogP contribution in [-0.4, -0.2) is 36.4 Å². The number of nitrogens with zero attached hydrogens (tertiary/aromatic N) is 1. The van der Waals surface area contributed by atoms with Crippen molar-refractivity contribution in [3.8, 4) is 0 Å². The minimum absolute atomic E-state index is 0.215. The lowest BCUT2D eigenvalue weighted by atomic mass is 10.2. The maximum absolute atomic E-state index is 12.8. The van der Waals surface area contributed by atoms with Gasteiger partial charge in [0.25, 0.3) is 0 Å². The zero-order valence-electron chi connectivity index (χ0n) is 10.3. The van der Waals surface area contributed by atoms with Gasteiger partial charge in [0, 0.05) is 23.2 Å². The van der Waals surface area contributed by atoms with Crippen molar-refractivity contribution in [2.75, 3.05) is 19.4 Å². The maximum atomic E-state index is 12.8. The molecule has 0 aliphatic carbocycles. The number of ether oxygens (including phenoxy) is 1. The molecule has 0 radical (unpaired) electrons. The van der Waals surface area contributed by atoms with Crippen LogP contribution in [0.25, 0.3) is 0 Å². The van der Waals surface area contributed by atoms with Crippen molar-refractivity contribution in [3.63, 3.8) is 0 Å². The Bertz CT molecular complexity index is 410. The minimum atomic E-state index is -0.253. The summed E-state index contributed by atoms with van der Waals surface area (Å²) in [4.78, 5) is 14.3. The second-order valence-corrected chi connectivity index (χ2v) is 5.32. The highest BCUT2D eigenvalue weighted by Crippen LogP contribution is 2.26. The number of thioether (sulfide) groups is 1. The molecule has 1 unspecified atom stereocenters. The fraction of sp³-hybridized carbons (Fsp3) is 0.462. The highest BCUT2D eigenvalue weighted by atomic mass is 32.2. The molecule has 1 amide bonds. The van der Waals surface area contributed by atoms with E-state index < -0.39 is 0 Å².